The van der Waals surface area contributed by atoms with Crippen molar-refractivity contribution in [2.45, 2.75) is 199 Å². The number of unbranched alkanes of at least 4 members (excludes halogenated alkanes) is 19. The van der Waals surface area contributed by atoms with Gasteiger partial charge in [-0.1, -0.05) is 183 Å². The lowest BCUT2D eigenvalue weighted by molar-refractivity contribution is -0.123. The summed E-state index contributed by atoms with van der Waals surface area (Å²) in [5.74, 6) is -0.221. The van der Waals surface area contributed by atoms with E-state index in [2.05, 4.69) is 79.9 Å². The third-order valence-corrected chi connectivity index (χ3v) is 10.5. The number of nitrogens with one attached hydrogen (secondary N) is 1. The van der Waals surface area contributed by atoms with E-state index in [1.54, 1.807) is 6.08 Å². The zero-order valence-electron chi connectivity index (χ0n) is 35.8. The van der Waals surface area contributed by atoms with E-state index in [0.29, 0.717) is 6.42 Å². The molecule has 324 valence electrons. The van der Waals surface area contributed by atoms with Crippen LogP contribution >= 0.6 is 7.82 Å². The Balaban J connectivity index is 4.29. The minimum atomic E-state index is -4.36. The zero-order valence-corrected chi connectivity index (χ0v) is 36.7. The van der Waals surface area contributed by atoms with Gasteiger partial charge in [0.2, 0.25) is 5.91 Å². The lowest BCUT2D eigenvalue weighted by Gasteiger charge is -2.23. The van der Waals surface area contributed by atoms with Crippen LogP contribution in [0.3, 0.4) is 0 Å². The first-order valence-corrected chi connectivity index (χ1v) is 24.1. The molecule has 0 aromatic rings. The highest BCUT2D eigenvalue weighted by Gasteiger charge is 2.26. The van der Waals surface area contributed by atoms with Gasteiger partial charge in [0.15, 0.2) is 0 Å². The fraction of sp³-hybridized carbons (Fsp3) is 0.723. The number of hydrogen-bond donors (Lipinski definition) is 4. The molecule has 0 bridgehead atoms. The number of hydrogen-bond acceptors (Lipinski definition) is 6. The van der Waals surface area contributed by atoms with E-state index >= 15 is 0 Å². The lowest BCUT2D eigenvalue weighted by Crippen LogP contribution is -2.45. The van der Waals surface area contributed by atoms with Gasteiger partial charge in [-0.25, -0.2) is 4.57 Å². The molecule has 1 amide bonds. The van der Waals surface area contributed by atoms with Gasteiger partial charge in [0.25, 0.3) is 0 Å². The summed E-state index contributed by atoms with van der Waals surface area (Å²) in [4.78, 5) is 22.7. The summed E-state index contributed by atoms with van der Waals surface area (Å²) in [5, 5.41) is 13.7. The topological polar surface area (TPSA) is 131 Å². The number of carbonyl (C=O) groups is 1. The average Bonchev–Trinajstić information content (AvgIpc) is 3.19. The Bertz CT molecular complexity index is 1100. The molecule has 0 rings (SSSR count). The molecule has 3 unspecified atom stereocenters. The lowest BCUT2D eigenvalue weighted by atomic mass is 10.0. The predicted molar refractivity (Wildman–Crippen MR) is 240 cm³/mol. The Hall–Kier alpha value is -2.06. The fourth-order valence-corrected chi connectivity index (χ4v) is 6.90. The molecule has 0 aromatic carbocycles. The van der Waals surface area contributed by atoms with Gasteiger partial charge in [0, 0.05) is 13.0 Å². The first-order chi connectivity index (χ1) is 27.4. The average molecular weight is 805 g/mol. The fourth-order valence-electron chi connectivity index (χ4n) is 6.14. The van der Waals surface area contributed by atoms with Crippen molar-refractivity contribution in [3.05, 3.63) is 72.9 Å². The molecule has 0 aliphatic carbocycles. The van der Waals surface area contributed by atoms with Crippen molar-refractivity contribution < 1.29 is 28.4 Å². The van der Waals surface area contributed by atoms with E-state index in [1.165, 1.54) is 89.9 Å². The van der Waals surface area contributed by atoms with Gasteiger partial charge in [-0.05, 0) is 70.6 Å². The molecule has 0 spiro atoms. The Kier molecular flexibility index (Phi) is 41.0. The Morgan fingerprint density at radius 2 is 1.05 bits per heavy atom. The Morgan fingerprint density at radius 3 is 1.59 bits per heavy atom. The van der Waals surface area contributed by atoms with Crippen molar-refractivity contribution in [2.75, 3.05) is 19.8 Å². The highest BCUT2D eigenvalue weighted by Crippen LogP contribution is 2.43. The van der Waals surface area contributed by atoms with Crippen LogP contribution in [-0.4, -0.2) is 47.8 Å². The SMILES string of the molecule is CC/C=C\C/C=C\C/C=C\C/C=C\CCCCCCCCC(=O)NC(COP(=O)(O)OCCN)C(O)/C=C/CC/C=C/CCCCCCCCCCCCCC. The van der Waals surface area contributed by atoms with Gasteiger partial charge in [0.1, 0.15) is 0 Å². The van der Waals surface area contributed by atoms with Crippen molar-refractivity contribution in [1.29, 1.82) is 0 Å². The monoisotopic (exact) mass is 805 g/mol. The molecule has 0 fully saturated rings. The molecular weight excluding hydrogens is 719 g/mol. The van der Waals surface area contributed by atoms with E-state index in [-0.39, 0.29) is 25.7 Å². The van der Waals surface area contributed by atoms with E-state index in [4.69, 9.17) is 14.8 Å². The van der Waals surface area contributed by atoms with Crippen LogP contribution in [0.1, 0.15) is 187 Å². The molecule has 0 aliphatic heterocycles. The number of aliphatic hydroxyl groups is 1. The number of allylic oxidation sites excluding steroid dienone is 11. The summed E-state index contributed by atoms with van der Waals surface area (Å²) >= 11 is 0. The van der Waals surface area contributed by atoms with Crippen molar-refractivity contribution in [2.24, 2.45) is 5.73 Å². The predicted octanol–water partition coefficient (Wildman–Crippen LogP) is 12.8. The van der Waals surface area contributed by atoms with Gasteiger partial charge in [-0.2, -0.15) is 0 Å². The number of carbonyl (C=O) groups excluding carboxylic acids is 1. The maximum atomic E-state index is 12.8. The number of phosphoric acid groups is 1. The maximum Gasteiger partial charge on any atom is 0.472 e. The summed E-state index contributed by atoms with van der Waals surface area (Å²) in [6, 6.07) is -0.889. The molecule has 8 nitrogen and oxygen atoms in total. The molecule has 0 heterocycles. The normalized spacial score (nSPS) is 14.7. The maximum absolute atomic E-state index is 12.8. The largest absolute Gasteiger partial charge is 0.472 e. The van der Waals surface area contributed by atoms with Gasteiger partial charge in [-0.15, -0.1) is 0 Å². The van der Waals surface area contributed by atoms with Crippen molar-refractivity contribution >= 4 is 13.7 Å². The summed E-state index contributed by atoms with van der Waals surface area (Å²) in [5.41, 5.74) is 5.37. The molecule has 0 saturated heterocycles. The van der Waals surface area contributed by atoms with Crippen LogP contribution in [0.4, 0.5) is 0 Å². The van der Waals surface area contributed by atoms with Crippen LogP contribution in [-0.2, 0) is 18.4 Å². The minimum Gasteiger partial charge on any atom is -0.387 e. The second-order valence-electron chi connectivity index (χ2n) is 14.9. The van der Waals surface area contributed by atoms with E-state index in [0.717, 1.165) is 77.0 Å². The molecule has 0 aliphatic rings. The van der Waals surface area contributed by atoms with E-state index in [1.807, 2.05) is 6.08 Å². The van der Waals surface area contributed by atoms with E-state index in [9.17, 15) is 19.4 Å². The number of phosphoric ester groups is 1. The molecular formula is C47H85N2O6P. The van der Waals surface area contributed by atoms with Crippen LogP contribution in [0.25, 0.3) is 0 Å². The Morgan fingerprint density at radius 1 is 0.607 bits per heavy atom. The summed E-state index contributed by atoms with van der Waals surface area (Å²) < 4.78 is 22.1. The van der Waals surface area contributed by atoms with Crippen molar-refractivity contribution in [3.8, 4) is 0 Å². The van der Waals surface area contributed by atoms with Crippen molar-refractivity contribution in [1.82, 2.24) is 5.32 Å². The van der Waals surface area contributed by atoms with Gasteiger partial charge >= 0.3 is 7.82 Å². The minimum absolute atomic E-state index is 0.0680. The number of amides is 1. The molecule has 5 N–H and O–H groups in total. The van der Waals surface area contributed by atoms with Gasteiger partial charge < -0.3 is 21.1 Å². The molecule has 9 heteroatoms. The van der Waals surface area contributed by atoms with Crippen LogP contribution in [0, 0.1) is 0 Å². The van der Waals surface area contributed by atoms with Crippen LogP contribution < -0.4 is 11.1 Å². The zero-order chi connectivity index (χ0) is 41.1. The van der Waals surface area contributed by atoms with Gasteiger partial charge in [0.05, 0.1) is 25.4 Å². The highest BCUT2D eigenvalue weighted by molar-refractivity contribution is 7.47. The molecule has 3 atom stereocenters. The van der Waals surface area contributed by atoms with Crippen LogP contribution in [0.15, 0.2) is 72.9 Å². The third kappa shape index (κ3) is 40.1. The second kappa shape index (κ2) is 42.5. The summed E-state index contributed by atoms with van der Waals surface area (Å²) in [6.45, 7) is 3.98. The molecule has 56 heavy (non-hydrogen) atoms. The van der Waals surface area contributed by atoms with Crippen LogP contribution in [0.5, 0.6) is 0 Å². The smallest absolute Gasteiger partial charge is 0.387 e. The van der Waals surface area contributed by atoms with Crippen LogP contribution in [0.2, 0.25) is 0 Å². The van der Waals surface area contributed by atoms with E-state index < -0.39 is 20.0 Å². The first-order valence-electron chi connectivity index (χ1n) is 22.6. The standard InChI is InChI=1S/C47H85N2O6P/c1-3-5-7-9-11-13-15-17-19-21-23-25-27-29-31-33-35-37-39-41-47(51)49-45(44-55-56(52,53)54-43-42-48)46(50)40-38-36-34-32-30-28-26-24-22-20-18-16-14-12-10-8-6-4-2/h5,7,11,13,17,19,23,25,30,32,38,40,45-46,50H,3-4,6,8-10,12,14-16,18,20-22,24,26-29,31,33-37,39,41-44,48H2,1-2H3,(H,49,51)(H,52,53)/b7-5-,13-11-,19-17-,25-23-,32-30+,40-38+. The second-order valence-corrected chi connectivity index (χ2v) is 16.3. The molecule has 0 radical (unpaired) electrons. The molecule has 0 saturated carbocycles. The first kappa shape index (κ1) is 53.9. The summed E-state index contributed by atoms with van der Waals surface area (Å²) in [6.07, 6.45) is 55.2. The Labute approximate surface area is 344 Å². The van der Waals surface area contributed by atoms with Gasteiger partial charge in [-0.3, -0.25) is 13.8 Å². The van der Waals surface area contributed by atoms with Crippen molar-refractivity contribution in [3.63, 3.8) is 0 Å². The number of aliphatic hydroxyl groups excluding tert-OH is 1. The summed E-state index contributed by atoms with van der Waals surface area (Å²) in [7, 11) is -4.36. The third-order valence-electron chi connectivity index (χ3n) is 9.52. The number of nitrogens with two attached hydrogens (primary N) is 1. The number of rotatable bonds is 41. The highest BCUT2D eigenvalue weighted by atomic mass is 31.2. The molecule has 0 aromatic heterocycles. The quantitative estimate of drug-likeness (QED) is 0.0275.